The molecule has 1 fully saturated rings. The predicted octanol–water partition coefficient (Wildman–Crippen LogP) is 6.40. The Kier molecular flexibility index (Phi) is 9.42. The number of likely N-dealkylation sites (tertiary alicyclic amines) is 1. The minimum Gasteiger partial charge on any atom is -0.448 e. The Bertz CT molecular complexity index is 997. The summed E-state index contributed by atoms with van der Waals surface area (Å²) in [5, 5.41) is 3.59. The van der Waals surface area contributed by atoms with Crippen molar-refractivity contribution >= 4 is 34.4 Å². The molecule has 1 saturated heterocycles. The van der Waals surface area contributed by atoms with E-state index in [1.165, 1.54) is 14.7 Å². The second kappa shape index (κ2) is 12.9. The number of amides is 1. The lowest BCUT2D eigenvalue weighted by molar-refractivity contribution is 0.0595. The van der Waals surface area contributed by atoms with E-state index in [2.05, 4.69) is 113 Å². The van der Waals surface area contributed by atoms with Crippen LogP contribution in [0, 0.1) is 3.57 Å². The number of hydrogen-bond donors (Lipinski definition) is 1. The fourth-order valence-corrected chi connectivity index (χ4v) is 4.74. The lowest BCUT2D eigenvalue weighted by atomic mass is 10.1. The number of rotatable bonds is 9. The minimum atomic E-state index is -0.205. The van der Waals surface area contributed by atoms with Gasteiger partial charge in [0.25, 0.3) is 0 Å². The zero-order valence-electron chi connectivity index (χ0n) is 20.3. The van der Waals surface area contributed by atoms with E-state index in [1.807, 2.05) is 17.0 Å². The summed E-state index contributed by atoms with van der Waals surface area (Å²) in [5.41, 5.74) is 3.64. The van der Waals surface area contributed by atoms with Crippen molar-refractivity contribution in [3.8, 4) is 0 Å². The van der Waals surface area contributed by atoms with Crippen LogP contribution in [0.2, 0.25) is 0 Å². The number of anilines is 1. The van der Waals surface area contributed by atoms with Crippen LogP contribution in [0.25, 0.3) is 0 Å². The third kappa shape index (κ3) is 7.97. The lowest BCUT2D eigenvalue weighted by Crippen LogP contribution is -2.44. The normalized spacial score (nSPS) is 15.1. The third-order valence-corrected chi connectivity index (χ3v) is 7.22. The van der Waals surface area contributed by atoms with Crippen LogP contribution < -0.4 is 5.32 Å². The van der Waals surface area contributed by atoms with E-state index in [9.17, 15) is 4.79 Å². The van der Waals surface area contributed by atoms with Gasteiger partial charge in [-0.15, -0.1) is 0 Å². The Morgan fingerprint density at radius 1 is 0.943 bits per heavy atom. The van der Waals surface area contributed by atoms with E-state index in [1.54, 1.807) is 0 Å². The van der Waals surface area contributed by atoms with Crippen molar-refractivity contribution < 1.29 is 9.53 Å². The number of halogens is 1. The molecule has 6 heteroatoms. The van der Waals surface area contributed by atoms with E-state index in [4.69, 9.17) is 4.74 Å². The van der Waals surface area contributed by atoms with Gasteiger partial charge >= 0.3 is 6.09 Å². The standard InChI is InChI=1S/C29H34IN3O2/c1-23(33(20-24-8-4-2-5-9-24)21-25-10-6-3-7-11-25)22-35-29(34)32-18-16-28(17-19-32)31-27-14-12-26(30)13-15-27/h2-15,23,28,31H,16-22H2,1H3/t23-/m0/s1. The average molecular weight is 584 g/mol. The van der Waals surface area contributed by atoms with Gasteiger partial charge in [-0.2, -0.15) is 0 Å². The summed E-state index contributed by atoms with van der Waals surface area (Å²) in [4.78, 5) is 17.0. The van der Waals surface area contributed by atoms with Crippen LogP contribution in [0.1, 0.15) is 30.9 Å². The van der Waals surface area contributed by atoms with Crippen molar-refractivity contribution in [2.24, 2.45) is 0 Å². The highest BCUT2D eigenvalue weighted by molar-refractivity contribution is 14.1. The Balaban J connectivity index is 1.27. The van der Waals surface area contributed by atoms with E-state index in [0.717, 1.165) is 31.6 Å². The fourth-order valence-electron chi connectivity index (χ4n) is 4.38. The molecule has 1 amide bonds. The maximum absolute atomic E-state index is 12.8. The molecular formula is C29H34IN3O2. The molecular weight excluding hydrogens is 549 g/mol. The summed E-state index contributed by atoms with van der Waals surface area (Å²) in [6, 6.07) is 29.8. The van der Waals surface area contributed by atoms with E-state index in [-0.39, 0.29) is 12.1 Å². The highest BCUT2D eigenvalue weighted by atomic mass is 127. The Labute approximate surface area is 222 Å². The highest BCUT2D eigenvalue weighted by Gasteiger charge is 2.25. The quantitative estimate of drug-likeness (QED) is 0.297. The number of nitrogens with zero attached hydrogens (tertiary/aromatic N) is 2. The van der Waals surface area contributed by atoms with Crippen LogP contribution in [0.3, 0.4) is 0 Å². The fraction of sp³-hybridized carbons (Fsp3) is 0.345. The predicted molar refractivity (Wildman–Crippen MR) is 150 cm³/mol. The molecule has 184 valence electrons. The molecule has 1 aliphatic heterocycles. The van der Waals surface area contributed by atoms with Gasteiger partial charge in [0, 0.05) is 47.5 Å². The summed E-state index contributed by atoms with van der Waals surface area (Å²) < 4.78 is 7.02. The van der Waals surface area contributed by atoms with E-state index in [0.29, 0.717) is 25.7 Å². The monoisotopic (exact) mass is 583 g/mol. The molecule has 3 aromatic carbocycles. The molecule has 3 aromatic rings. The van der Waals surface area contributed by atoms with Gasteiger partial charge in [0.15, 0.2) is 0 Å². The molecule has 5 nitrogen and oxygen atoms in total. The number of carbonyl (C=O) groups excluding carboxylic acids is 1. The van der Waals surface area contributed by atoms with Crippen molar-refractivity contribution in [1.29, 1.82) is 0 Å². The summed E-state index contributed by atoms with van der Waals surface area (Å²) >= 11 is 2.31. The molecule has 0 aliphatic carbocycles. The first kappa shape index (κ1) is 25.5. The first-order valence-corrected chi connectivity index (χ1v) is 13.4. The molecule has 0 bridgehead atoms. The Morgan fingerprint density at radius 2 is 1.49 bits per heavy atom. The number of nitrogens with one attached hydrogen (secondary N) is 1. The van der Waals surface area contributed by atoms with Gasteiger partial charge in [0.2, 0.25) is 0 Å². The number of hydrogen-bond acceptors (Lipinski definition) is 4. The van der Waals surface area contributed by atoms with E-state index < -0.39 is 0 Å². The number of ether oxygens (including phenoxy) is 1. The second-order valence-corrected chi connectivity index (χ2v) is 10.5. The molecule has 0 spiro atoms. The van der Waals surface area contributed by atoms with Crippen molar-refractivity contribution in [2.75, 3.05) is 25.0 Å². The van der Waals surface area contributed by atoms with Crippen molar-refractivity contribution in [3.05, 3.63) is 99.6 Å². The maximum atomic E-state index is 12.8. The molecule has 0 radical (unpaired) electrons. The summed E-state index contributed by atoms with van der Waals surface area (Å²) in [6.45, 7) is 5.56. The molecule has 0 saturated carbocycles. The number of carbonyl (C=O) groups is 1. The van der Waals surface area contributed by atoms with Crippen LogP contribution in [0.5, 0.6) is 0 Å². The Hall–Kier alpha value is -2.58. The Morgan fingerprint density at radius 3 is 2.03 bits per heavy atom. The van der Waals surface area contributed by atoms with Crippen LogP contribution >= 0.6 is 22.6 Å². The summed E-state index contributed by atoms with van der Waals surface area (Å²) in [7, 11) is 0. The molecule has 1 heterocycles. The molecule has 35 heavy (non-hydrogen) atoms. The number of benzene rings is 3. The smallest absolute Gasteiger partial charge is 0.409 e. The van der Waals surface area contributed by atoms with Crippen LogP contribution in [-0.4, -0.2) is 47.7 Å². The van der Waals surface area contributed by atoms with Crippen LogP contribution in [0.15, 0.2) is 84.9 Å². The van der Waals surface area contributed by atoms with Crippen molar-refractivity contribution in [2.45, 2.75) is 44.9 Å². The van der Waals surface area contributed by atoms with Crippen molar-refractivity contribution in [1.82, 2.24) is 9.80 Å². The first-order valence-electron chi connectivity index (χ1n) is 12.3. The van der Waals surface area contributed by atoms with Gasteiger partial charge in [0.05, 0.1) is 0 Å². The topological polar surface area (TPSA) is 44.8 Å². The van der Waals surface area contributed by atoms with Crippen LogP contribution in [0.4, 0.5) is 10.5 Å². The van der Waals surface area contributed by atoms with Crippen molar-refractivity contribution in [3.63, 3.8) is 0 Å². The van der Waals surface area contributed by atoms with Gasteiger partial charge < -0.3 is 15.0 Å². The first-order chi connectivity index (χ1) is 17.1. The van der Waals surface area contributed by atoms with Gasteiger partial charge in [-0.25, -0.2) is 4.79 Å². The number of piperidine rings is 1. The average Bonchev–Trinajstić information content (AvgIpc) is 2.90. The zero-order chi connectivity index (χ0) is 24.5. The molecule has 1 atom stereocenters. The SMILES string of the molecule is C[C@@H](COC(=O)N1CCC(Nc2ccc(I)cc2)CC1)N(Cc1ccccc1)Cc1ccccc1. The highest BCUT2D eigenvalue weighted by Crippen LogP contribution is 2.19. The minimum absolute atomic E-state index is 0.0967. The lowest BCUT2D eigenvalue weighted by Gasteiger charge is -2.33. The van der Waals surface area contributed by atoms with Gasteiger partial charge in [-0.1, -0.05) is 60.7 Å². The molecule has 1 aliphatic rings. The maximum Gasteiger partial charge on any atom is 0.409 e. The van der Waals surface area contributed by atoms with E-state index >= 15 is 0 Å². The summed E-state index contributed by atoms with van der Waals surface area (Å²) in [6.07, 6.45) is 1.64. The molecule has 4 rings (SSSR count). The van der Waals surface area contributed by atoms with Crippen LogP contribution in [-0.2, 0) is 17.8 Å². The third-order valence-electron chi connectivity index (χ3n) is 6.50. The summed E-state index contributed by atoms with van der Waals surface area (Å²) in [5.74, 6) is 0. The molecule has 1 N–H and O–H groups in total. The van der Waals surface area contributed by atoms with Gasteiger partial charge in [-0.05, 0) is 77.7 Å². The molecule has 0 unspecified atom stereocenters. The zero-order valence-corrected chi connectivity index (χ0v) is 22.4. The van der Waals surface area contributed by atoms with Gasteiger partial charge in [0.1, 0.15) is 6.61 Å². The molecule has 0 aromatic heterocycles. The van der Waals surface area contributed by atoms with Gasteiger partial charge in [-0.3, -0.25) is 4.90 Å². The second-order valence-electron chi connectivity index (χ2n) is 9.21. The largest absolute Gasteiger partial charge is 0.448 e.